The Morgan fingerprint density at radius 2 is 1.97 bits per heavy atom. The molecule has 1 aliphatic carbocycles. The maximum atomic E-state index is 12.4. The van der Waals surface area contributed by atoms with Gasteiger partial charge in [-0.25, -0.2) is 0 Å². The van der Waals surface area contributed by atoms with Crippen molar-refractivity contribution in [3.05, 3.63) is 47.8 Å². The van der Waals surface area contributed by atoms with E-state index in [2.05, 4.69) is 20.4 Å². The van der Waals surface area contributed by atoms with Gasteiger partial charge in [-0.3, -0.25) is 4.79 Å². The van der Waals surface area contributed by atoms with Crippen molar-refractivity contribution in [3.8, 4) is 5.75 Å². The third-order valence-corrected chi connectivity index (χ3v) is 5.62. The summed E-state index contributed by atoms with van der Waals surface area (Å²) in [5.74, 6) is 3.20. The zero-order chi connectivity index (χ0) is 19.8. The van der Waals surface area contributed by atoms with Crippen molar-refractivity contribution in [3.63, 3.8) is 0 Å². The van der Waals surface area contributed by atoms with E-state index in [1.807, 2.05) is 40.9 Å². The average molecular weight is 392 g/mol. The average Bonchev–Trinajstić information content (AvgIpc) is 3.32. The van der Waals surface area contributed by atoms with Crippen molar-refractivity contribution >= 4 is 17.4 Å². The first-order valence-electron chi connectivity index (χ1n) is 10.1. The molecule has 1 saturated carbocycles. The smallest absolute Gasteiger partial charge is 0.224 e. The van der Waals surface area contributed by atoms with Crippen molar-refractivity contribution in [1.82, 2.24) is 25.1 Å². The SMILES string of the molecule is COc1ccc(CC(=O)NC2CCN(c3ccc4nnc(C5CC5)n4n3)C2)cc1. The number of nitrogens with one attached hydrogen (secondary N) is 1. The van der Waals surface area contributed by atoms with Crippen LogP contribution in [0.4, 0.5) is 5.82 Å². The molecule has 1 atom stereocenters. The number of rotatable bonds is 6. The molecule has 1 unspecified atom stereocenters. The fourth-order valence-corrected chi connectivity index (χ4v) is 3.85. The van der Waals surface area contributed by atoms with E-state index >= 15 is 0 Å². The molecule has 2 aromatic heterocycles. The number of hydrogen-bond acceptors (Lipinski definition) is 6. The molecule has 0 radical (unpaired) electrons. The Balaban J connectivity index is 1.21. The monoisotopic (exact) mass is 392 g/mol. The molecule has 1 aromatic carbocycles. The summed E-state index contributed by atoms with van der Waals surface area (Å²) < 4.78 is 7.04. The summed E-state index contributed by atoms with van der Waals surface area (Å²) >= 11 is 0. The van der Waals surface area contributed by atoms with Gasteiger partial charge in [0.2, 0.25) is 5.91 Å². The summed E-state index contributed by atoms with van der Waals surface area (Å²) in [6.45, 7) is 1.63. The maximum absolute atomic E-state index is 12.4. The fraction of sp³-hybridized carbons (Fsp3) is 0.429. The summed E-state index contributed by atoms with van der Waals surface area (Å²) in [6, 6.07) is 11.7. The highest BCUT2D eigenvalue weighted by Crippen LogP contribution is 2.38. The molecule has 3 aromatic rings. The molecule has 8 nitrogen and oxygen atoms in total. The van der Waals surface area contributed by atoms with Crippen molar-refractivity contribution in [1.29, 1.82) is 0 Å². The standard InChI is InChI=1S/C21H24N6O2/c1-29-17-6-2-14(3-7-17)12-20(28)22-16-10-11-26(13-16)19-9-8-18-23-24-21(15-4-5-15)27(18)25-19/h2-3,6-9,15-16H,4-5,10-13H2,1H3,(H,22,28). The molecule has 0 bridgehead atoms. The Bertz CT molecular complexity index is 1030. The molecule has 8 heteroatoms. The van der Waals surface area contributed by atoms with Crippen molar-refractivity contribution in [2.75, 3.05) is 25.1 Å². The quantitative estimate of drug-likeness (QED) is 0.690. The van der Waals surface area contributed by atoms with Gasteiger partial charge in [0.1, 0.15) is 11.6 Å². The predicted octanol–water partition coefficient (Wildman–Crippen LogP) is 1.95. The number of carbonyl (C=O) groups excluding carboxylic acids is 1. The number of nitrogens with zero attached hydrogens (tertiary/aromatic N) is 5. The second kappa shape index (κ2) is 7.35. The van der Waals surface area contributed by atoms with Gasteiger partial charge in [-0.1, -0.05) is 12.1 Å². The zero-order valence-corrected chi connectivity index (χ0v) is 16.4. The number of ether oxygens (including phenoxy) is 1. The molecule has 1 saturated heterocycles. The van der Waals surface area contributed by atoms with Gasteiger partial charge in [0.25, 0.3) is 0 Å². The lowest BCUT2D eigenvalue weighted by Crippen LogP contribution is -2.38. The molecular formula is C21H24N6O2. The molecule has 29 heavy (non-hydrogen) atoms. The molecule has 1 aliphatic heterocycles. The van der Waals surface area contributed by atoms with Crippen LogP contribution in [0.2, 0.25) is 0 Å². The number of fused-ring (bicyclic) bond motifs is 1. The third-order valence-electron chi connectivity index (χ3n) is 5.62. The van der Waals surface area contributed by atoms with Gasteiger partial charge in [-0.15, -0.1) is 15.3 Å². The Kier molecular flexibility index (Phi) is 4.54. The van der Waals surface area contributed by atoms with Gasteiger partial charge in [0.15, 0.2) is 11.5 Å². The molecule has 1 N–H and O–H groups in total. The molecule has 150 valence electrons. The van der Waals surface area contributed by atoms with Crippen LogP contribution in [0.3, 0.4) is 0 Å². The number of carbonyl (C=O) groups is 1. The Morgan fingerprint density at radius 1 is 1.14 bits per heavy atom. The number of anilines is 1. The highest BCUT2D eigenvalue weighted by molar-refractivity contribution is 5.79. The second-order valence-electron chi connectivity index (χ2n) is 7.82. The molecule has 0 spiro atoms. The van der Waals surface area contributed by atoms with Gasteiger partial charge in [-0.2, -0.15) is 4.52 Å². The van der Waals surface area contributed by atoms with E-state index < -0.39 is 0 Å². The van der Waals surface area contributed by atoms with Crippen LogP contribution in [-0.4, -0.2) is 52.0 Å². The summed E-state index contributed by atoms with van der Waals surface area (Å²) in [4.78, 5) is 14.7. The van der Waals surface area contributed by atoms with Crippen molar-refractivity contribution < 1.29 is 9.53 Å². The lowest BCUT2D eigenvalue weighted by molar-refractivity contribution is -0.121. The van der Waals surface area contributed by atoms with Crippen LogP contribution in [0.25, 0.3) is 5.65 Å². The van der Waals surface area contributed by atoms with Crippen LogP contribution >= 0.6 is 0 Å². The molecule has 1 amide bonds. The van der Waals surface area contributed by atoms with E-state index in [1.54, 1.807) is 7.11 Å². The van der Waals surface area contributed by atoms with Gasteiger partial charge in [0, 0.05) is 25.0 Å². The molecular weight excluding hydrogens is 368 g/mol. The van der Waals surface area contributed by atoms with Crippen LogP contribution in [-0.2, 0) is 11.2 Å². The van der Waals surface area contributed by atoms with Gasteiger partial charge >= 0.3 is 0 Å². The lowest BCUT2D eigenvalue weighted by atomic mass is 10.1. The Labute approximate surface area is 168 Å². The number of benzene rings is 1. The Morgan fingerprint density at radius 3 is 2.72 bits per heavy atom. The molecule has 2 fully saturated rings. The second-order valence-corrected chi connectivity index (χ2v) is 7.82. The van der Waals surface area contributed by atoms with E-state index in [0.29, 0.717) is 12.3 Å². The van der Waals surface area contributed by atoms with Crippen LogP contribution in [0.15, 0.2) is 36.4 Å². The van der Waals surface area contributed by atoms with Gasteiger partial charge in [0.05, 0.1) is 13.5 Å². The Hall–Kier alpha value is -3.16. The van der Waals surface area contributed by atoms with E-state index in [1.165, 1.54) is 12.8 Å². The number of aromatic nitrogens is 4. The fourth-order valence-electron chi connectivity index (χ4n) is 3.85. The summed E-state index contributed by atoms with van der Waals surface area (Å²) in [5.41, 5.74) is 1.77. The first kappa shape index (κ1) is 17.9. The normalized spacial score (nSPS) is 18.9. The number of methoxy groups -OCH3 is 1. The third kappa shape index (κ3) is 3.74. The molecule has 5 rings (SSSR count). The van der Waals surface area contributed by atoms with Crippen LogP contribution < -0.4 is 15.0 Å². The predicted molar refractivity (Wildman–Crippen MR) is 108 cm³/mol. The van der Waals surface area contributed by atoms with Crippen molar-refractivity contribution in [2.24, 2.45) is 0 Å². The first-order chi connectivity index (χ1) is 14.2. The minimum absolute atomic E-state index is 0.0419. The summed E-state index contributed by atoms with van der Waals surface area (Å²) in [7, 11) is 1.64. The van der Waals surface area contributed by atoms with Crippen LogP contribution in [0, 0.1) is 0 Å². The first-order valence-corrected chi connectivity index (χ1v) is 10.1. The molecule has 3 heterocycles. The van der Waals surface area contributed by atoms with E-state index in [4.69, 9.17) is 9.84 Å². The maximum Gasteiger partial charge on any atom is 0.224 e. The molecule has 2 aliphatic rings. The summed E-state index contributed by atoms with van der Waals surface area (Å²) in [5, 5.41) is 16.4. The van der Waals surface area contributed by atoms with Crippen molar-refractivity contribution in [2.45, 2.75) is 37.6 Å². The number of hydrogen-bond donors (Lipinski definition) is 1. The van der Waals surface area contributed by atoms with Gasteiger partial charge in [-0.05, 0) is 49.1 Å². The van der Waals surface area contributed by atoms with E-state index in [9.17, 15) is 4.79 Å². The van der Waals surface area contributed by atoms with Crippen LogP contribution in [0.1, 0.15) is 36.6 Å². The lowest BCUT2D eigenvalue weighted by Gasteiger charge is -2.18. The zero-order valence-electron chi connectivity index (χ0n) is 16.4. The highest BCUT2D eigenvalue weighted by atomic mass is 16.5. The topological polar surface area (TPSA) is 84.6 Å². The highest BCUT2D eigenvalue weighted by Gasteiger charge is 2.30. The summed E-state index contributed by atoms with van der Waals surface area (Å²) in [6.07, 6.45) is 3.61. The minimum Gasteiger partial charge on any atom is -0.497 e. The number of amides is 1. The minimum atomic E-state index is 0.0419. The van der Waals surface area contributed by atoms with E-state index in [0.717, 1.165) is 48.1 Å². The van der Waals surface area contributed by atoms with Crippen LogP contribution in [0.5, 0.6) is 5.75 Å². The largest absolute Gasteiger partial charge is 0.497 e. The van der Waals surface area contributed by atoms with Gasteiger partial charge < -0.3 is 15.0 Å². The van der Waals surface area contributed by atoms with E-state index in [-0.39, 0.29) is 11.9 Å².